The van der Waals surface area contributed by atoms with Gasteiger partial charge in [0.2, 0.25) is 0 Å². The Kier molecular flexibility index (Phi) is 13.3. The number of nitrogens with one attached hydrogen (secondary N) is 2. The Labute approximate surface area is 371 Å². The lowest BCUT2D eigenvalue weighted by Crippen LogP contribution is -2.46. The zero-order valence-corrected chi connectivity index (χ0v) is 36.4. The average Bonchev–Trinajstić information content (AvgIpc) is 3.77. The highest BCUT2D eigenvalue weighted by atomic mass is 35.5. The first-order valence-corrected chi connectivity index (χ1v) is 22.8. The standard InChI is InChI=1S/C47H49ClN6O8S/c1-51-20-18-36(19-21-51)49-43-17-14-39(30-44(43)54(57)58)63(59,60)50-47(56)42-15-12-37(29-46(42)62-45-7-3-5-32-4-2-6-41(32)45)53-24-22-52(23-25-53)31-34-28-38(61-27-26-55)13-16-40(34)33-8-10-35(48)11-9-33/h2-3,5-17,28-30,36,49,55H,4,18-27,31H2,1H3,(H,50,56). The van der Waals surface area contributed by atoms with Crippen LogP contribution in [0, 0.1) is 10.1 Å². The molecule has 0 spiro atoms. The third kappa shape index (κ3) is 10.3. The minimum absolute atomic E-state index is 0.00387. The molecule has 0 unspecified atom stereocenters. The fraction of sp³-hybridized carbons (Fsp3) is 0.298. The first-order valence-electron chi connectivity index (χ1n) is 20.9. The monoisotopic (exact) mass is 892 g/mol. The summed E-state index contributed by atoms with van der Waals surface area (Å²) >= 11 is 6.20. The second kappa shape index (κ2) is 19.2. The van der Waals surface area contributed by atoms with Crippen LogP contribution in [0.5, 0.6) is 17.2 Å². The molecular formula is C47H49ClN6O8S. The van der Waals surface area contributed by atoms with Crippen LogP contribution in [0.3, 0.4) is 0 Å². The summed E-state index contributed by atoms with van der Waals surface area (Å²) in [7, 11) is -2.54. The summed E-state index contributed by atoms with van der Waals surface area (Å²) in [6.07, 6.45) is 6.30. The normalized spacial score (nSPS) is 15.8. The number of nitrogens with zero attached hydrogens (tertiary/aromatic N) is 4. The number of fused-ring (bicyclic) bond motifs is 1. The number of amides is 1. The number of aliphatic hydroxyl groups is 1. The summed E-state index contributed by atoms with van der Waals surface area (Å²) < 4.78 is 41.9. The van der Waals surface area contributed by atoms with Gasteiger partial charge in [-0.15, -0.1) is 0 Å². The maximum absolute atomic E-state index is 14.0. The van der Waals surface area contributed by atoms with Crippen molar-refractivity contribution in [2.45, 2.75) is 36.7 Å². The number of halogens is 1. The number of ether oxygens (including phenoxy) is 2. The highest BCUT2D eigenvalue weighted by molar-refractivity contribution is 7.90. The Morgan fingerprint density at radius 2 is 1.70 bits per heavy atom. The SMILES string of the molecule is CN1CCC(Nc2ccc(S(=O)(=O)NC(=O)c3ccc(N4CCN(Cc5cc(OCCO)ccc5-c5ccc(Cl)cc5)CC4)cc3Oc3cccc4c3C=CC4)cc2[N+](=O)[O-])CC1. The smallest absolute Gasteiger partial charge is 0.293 e. The van der Waals surface area contributed by atoms with Crippen LogP contribution >= 0.6 is 11.6 Å². The van der Waals surface area contributed by atoms with Crippen molar-refractivity contribution in [3.05, 3.63) is 141 Å². The van der Waals surface area contributed by atoms with Crippen molar-refractivity contribution >= 4 is 50.7 Å². The van der Waals surface area contributed by atoms with Gasteiger partial charge in [-0.3, -0.25) is 19.8 Å². The maximum Gasteiger partial charge on any atom is 0.293 e. The Morgan fingerprint density at radius 1 is 0.921 bits per heavy atom. The fourth-order valence-electron chi connectivity index (χ4n) is 8.28. The Morgan fingerprint density at radius 3 is 2.44 bits per heavy atom. The summed E-state index contributed by atoms with van der Waals surface area (Å²) in [5, 5.41) is 25.4. The van der Waals surface area contributed by atoms with Gasteiger partial charge in [0.1, 0.15) is 29.5 Å². The van der Waals surface area contributed by atoms with Crippen molar-refractivity contribution in [1.29, 1.82) is 0 Å². The van der Waals surface area contributed by atoms with Gasteiger partial charge in [0.15, 0.2) is 0 Å². The Bertz CT molecular complexity index is 2630. The summed E-state index contributed by atoms with van der Waals surface area (Å²) in [5.74, 6) is 0.411. The first-order chi connectivity index (χ1) is 30.4. The number of piperidine rings is 1. The maximum atomic E-state index is 14.0. The number of likely N-dealkylation sites (tertiary alicyclic amines) is 1. The number of sulfonamides is 1. The topological polar surface area (TPSA) is 167 Å². The van der Waals surface area contributed by atoms with E-state index in [9.17, 15) is 28.4 Å². The molecule has 3 aliphatic rings. The molecule has 63 heavy (non-hydrogen) atoms. The third-order valence-electron chi connectivity index (χ3n) is 11.7. The van der Waals surface area contributed by atoms with Crippen LogP contribution in [0.25, 0.3) is 17.2 Å². The second-order valence-electron chi connectivity index (χ2n) is 16.0. The number of anilines is 2. The molecular weight excluding hydrogens is 844 g/mol. The van der Waals surface area contributed by atoms with E-state index in [1.54, 1.807) is 24.3 Å². The quantitative estimate of drug-likeness (QED) is 0.0697. The molecule has 3 N–H and O–H groups in total. The first kappa shape index (κ1) is 43.7. The molecule has 5 aromatic carbocycles. The summed E-state index contributed by atoms with van der Waals surface area (Å²) in [5.41, 5.74) is 5.69. The molecule has 8 rings (SSSR count). The van der Waals surface area contributed by atoms with Gasteiger partial charge in [-0.05, 0) is 116 Å². The van der Waals surface area contributed by atoms with Gasteiger partial charge in [0, 0.05) is 67.2 Å². The van der Waals surface area contributed by atoms with E-state index < -0.39 is 31.4 Å². The number of hydrogen-bond donors (Lipinski definition) is 3. The van der Waals surface area contributed by atoms with Crippen molar-refractivity contribution in [3.8, 4) is 28.4 Å². The zero-order valence-electron chi connectivity index (χ0n) is 34.8. The van der Waals surface area contributed by atoms with Crippen molar-refractivity contribution in [2.75, 3.05) is 69.7 Å². The summed E-state index contributed by atoms with van der Waals surface area (Å²) in [6.45, 7) is 5.17. The molecule has 16 heteroatoms. The second-order valence-corrected chi connectivity index (χ2v) is 18.1. The number of allylic oxidation sites excluding steroid dienone is 1. The van der Waals surface area contributed by atoms with E-state index in [1.165, 1.54) is 12.1 Å². The molecule has 1 aliphatic carbocycles. The van der Waals surface area contributed by atoms with Crippen LogP contribution in [-0.4, -0.2) is 99.7 Å². The number of rotatable bonds is 15. The molecule has 2 aliphatic heterocycles. The van der Waals surface area contributed by atoms with E-state index in [0.29, 0.717) is 49.2 Å². The molecule has 14 nitrogen and oxygen atoms in total. The molecule has 0 aromatic heterocycles. The number of carbonyl (C=O) groups is 1. The van der Waals surface area contributed by atoms with Crippen LogP contribution in [0.15, 0.2) is 108 Å². The molecule has 2 heterocycles. The number of aliphatic hydroxyl groups excluding tert-OH is 1. The van der Waals surface area contributed by atoms with Gasteiger partial charge in [-0.25, -0.2) is 13.1 Å². The number of nitro groups is 1. The van der Waals surface area contributed by atoms with Crippen molar-refractivity contribution < 1.29 is 32.7 Å². The number of hydrogen-bond acceptors (Lipinski definition) is 12. The van der Waals surface area contributed by atoms with E-state index in [-0.39, 0.29) is 36.3 Å². The molecule has 2 fully saturated rings. The molecule has 2 saturated heterocycles. The van der Waals surface area contributed by atoms with E-state index in [4.69, 9.17) is 21.1 Å². The van der Waals surface area contributed by atoms with Gasteiger partial charge in [-0.2, -0.15) is 0 Å². The number of carbonyl (C=O) groups excluding carboxylic acids is 1. The van der Waals surface area contributed by atoms with E-state index in [2.05, 4.69) is 24.7 Å². The van der Waals surface area contributed by atoms with Gasteiger partial charge in [-0.1, -0.05) is 54.1 Å². The minimum Gasteiger partial charge on any atom is -0.491 e. The number of piperazine rings is 1. The molecule has 5 aromatic rings. The van der Waals surface area contributed by atoms with Crippen LogP contribution < -0.4 is 24.4 Å². The van der Waals surface area contributed by atoms with Crippen molar-refractivity contribution in [1.82, 2.24) is 14.5 Å². The van der Waals surface area contributed by atoms with Gasteiger partial charge in [0.05, 0.1) is 22.0 Å². The van der Waals surface area contributed by atoms with E-state index in [0.717, 1.165) is 71.9 Å². The number of benzene rings is 5. The van der Waals surface area contributed by atoms with Gasteiger partial charge in [0.25, 0.3) is 21.6 Å². The van der Waals surface area contributed by atoms with Crippen LogP contribution in [0.4, 0.5) is 17.1 Å². The van der Waals surface area contributed by atoms with Crippen molar-refractivity contribution in [2.24, 2.45) is 0 Å². The summed E-state index contributed by atoms with van der Waals surface area (Å²) in [6, 6.07) is 28.0. The summed E-state index contributed by atoms with van der Waals surface area (Å²) in [4.78, 5) is 31.8. The van der Waals surface area contributed by atoms with Crippen LogP contribution in [0.1, 0.15) is 39.9 Å². The average molecular weight is 893 g/mol. The minimum atomic E-state index is -4.56. The molecule has 0 radical (unpaired) electrons. The Balaban J connectivity index is 1.02. The highest BCUT2D eigenvalue weighted by Crippen LogP contribution is 2.37. The molecule has 0 saturated carbocycles. The van der Waals surface area contributed by atoms with E-state index >= 15 is 0 Å². The van der Waals surface area contributed by atoms with Gasteiger partial charge >= 0.3 is 0 Å². The molecule has 0 atom stereocenters. The lowest BCUT2D eigenvalue weighted by Gasteiger charge is -2.36. The predicted molar refractivity (Wildman–Crippen MR) is 245 cm³/mol. The number of nitro benzene ring substituents is 1. The lowest BCUT2D eigenvalue weighted by molar-refractivity contribution is -0.384. The van der Waals surface area contributed by atoms with Crippen LogP contribution in [0.2, 0.25) is 5.02 Å². The fourth-order valence-corrected chi connectivity index (χ4v) is 9.39. The lowest BCUT2D eigenvalue weighted by atomic mass is 9.98. The third-order valence-corrected chi connectivity index (χ3v) is 13.3. The molecule has 0 bridgehead atoms. The van der Waals surface area contributed by atoms with Gasteiger partial charge < -0.3 is 29.7 Å². The highest BCUT2D eigenvalue weighted by Gasteiger charge is 2.28. The molecule has 1 amide bonds. The predicted octanol–water partition coefficient (Wildman–Crippen LogP) is 7.59. The largest absolute Gasteiger partial charge is 0.491 e. The Hall–Kier alpha value is -5.97. The van der Waals surface area contributed by atoms with Crippen molar-refractivity contribution in [3.63, 3.8) is 0 Å². The zero-order chi connectivity index (χ0) is 44.1. The molecule has 328 valence electrons. The van der Waals surface area contributed by atoms with E-state index in [1.807, 2.05) is 73.8 Å². The van der Waals surface area contributed by atoms with Crippen LogP contribution in [-0.2, 0) is 23.0 Å².